The SMILES string of the molecule is CC(=O)Nc1ccc(C(=O)N/C(=C\c2ccc(-c3ccccc3Cl)s2)C(=O)O)cc1. The number of amides is 2. The van der Waals surface area contributed by atoms with Crippen molar-refractivity contribution in [2.45, 2.75) is 6.92 Å². The molecule has 2 aromatic carbocycles. The molecule has 0 saturated carbocycles. The highest BCUT2D eigenvalue weighted by Crippen LogP contribution is 2.33. The van der Waals surface area contributed by atoms with Crippen molar-refractivity contribution in [3.8, 4) is 10.4 Å². The summed E-state index contributed by atoms with van der Waals surface area (Å²) in [6.45, 7) is 1.38. The van der Waals surface area contributed by atoms with E-state index in [4.69, 9.17) is 11.6 Å². The molecule has 3 rings (SSSR count). The van der Waals surface area contributed by atoms with Gasteiger partial charge in [-0.25, -0.2) is 4.79 Å². The number of hydrogen-bond acceptors (Lipinski definition) is 4. The van der Waals surface area contributed by atoms with Gasteiger partial charge in [0.1, 0.15) is 5.70 Å². The second kappa shape index (κ2) is 9.39. The molecule has 0 radical (unpaired) electrons. The Morgan fingerprint density at radius 3 is 2.33 bits per heavy atom. The smallest absolute Gasteiger partial charge is 0.352 e. The molecule has 0 aliphatic rings. The van der Waals surface area contributed by atoms with Crippen molar-refractivity contribution in [1.29, 1.82) is 0 Å². The average molecular weight is 441 g/mol. The van der Waals surface area contributed by atoms with Crippen LogP contribution in [0, 0.1) is 0 Å². The largest absolute Gasteiger partial charge is 0.477 e. The fourth-order valence-electron chi connectivity index (χ4n) is 2.63. The zero-order chi connectivity index (χ0) is 21.7. The number of nitrogens with one attached hydrogen (secondary N) is 2. The Kier molecular flexibility index (Phi) is 6.66. The van der Waals surface area contributed by atoms with Crippen molar-refractivity contribution in [1.82, 2.24) is 5.32 Å². The summed E-state index contributed by atoms with van der Waals surface area (Å²) in [5.74, 6) is -2.05. The van der Waals surface area contributed by atoms with E-state index in [0.717, 1.165) is 10.4 Å². The molecule has 3 aromatic rings. The van der Waals surface area contributed by atoms with E-state index in [-0.39, 0.29) is 17.2 Å². The predicted molar refractivity (Wildman–Crippen MR) is 119 cm³/mol. The number of thiophene rings is 1. The third-order valence-corrected chi connectivity index (χ3v) is 5.39. The molecule has 0 atom stereocenters. The number of carbonyl (C=O) groups excluding carboxylic acids is 2. The van der Waals surface area contributed by atoms with E-state index >= 15 is 0 Å². The number of hydrogen-bond donors (Lipinski definition) is 3. The number of benzene rings is 2. The summed E-state index contributed by atoms with van der Waals surface area (Å²) in [6.07, 6.45) is 1.40. The molecule has 0 aliphatic carbocycles. The molecule has 1 aromatic heterocycles. The molecule has 2 amide bonds. The van der Waals surface area contributed by atoms with Gasteiger partial charge >= 0.3 is 5.97 Å². The maximum Gasteiger partial charge on any atom is 0.352 e. The molecule has 1 heterocycles. The average Bonchev–Trinajstić information content (AvgIpc) is 3.16. The van der Waals surface area contributed by atoms with Crippen molar-refractivity contribution in [3.05, 3.63) is 81.8 Å². The lowest BCUT2D eigenvalue weighted by Gasteiger charge is -2.07. The summed E-state index contributed by atoms with van der Waals surface area (Å²) in [4.78, 5) is 36.7. The maximum absolute atomic E-state index is 12.4. The van der Waals surface area contributed by atoms with Crippen molar-refractivity contribution >= 4 is 52.5 Å². The third kappa shape index (κ3) is 5.34. The lowest BCUT2D eigenvalue weighted by atomic mass is 10.2. The lowest BCUT2D eigenvalue weighted by Crippen LogP contribution is -2.27. The highest BCUT2D eigenvalue weighted by molar-refractivity contribution is 7.16. The summed E-state index contributed by atoms with van der Waals surface area (Å²) in [6, 6.07) is 17.1. The van der Waals surface area contributed by atoms with Crippen LogP contribution in [0.15, 0.2) is 66.4 Å². The summed E-state index contributed by atoms with van der Waals surface area (Å²) in [5, 5.41) is 15.1. The van der Waals surface area contributed by atoms with Gasteiger partial charge in [-0.15, -0.1) is 11.3 Å². The Morgan fingerprint density at radius 2 is 1.70 bits per heavy atom. The monoisotopic (exact) mass is 440 g/mol. The normalized spacial score (nSPS) is 11.1. The van der Waals surface area contributed by atoms with Crippen LogP contribution < -0.4 is 10.6 Å². The van der Waals surface area contributed by atoms with Crippen molar-refractivity contribution in [3.63, 3.8) is 0 Å². The first-order valence-corrected chi connectivity index (χ1v) is 10.0. The molecule has 0 fully saturated rings. The molecule has 0 spiro atoms. The van der Waals surface area contributed by atoms with Crippen LogP contribution in [0.1, 0.15) is 22.2 Å². The maximum atomic E-state index is 12.4. The van der Waals surface area contributed by atoms with Crippen LogP contribution in [-0.2, 0) is 9.59 Å². The van der Waals surface area contributed by atoms with Gasteiger partial charge in [0.25, 0.3) is 5.91 Å². The van der Waals surface area contributed by atoms with Gasteiger partial charge in [0.2, 0.25) is 5.91 Å². The molecule has 3 N–H and O–H groups in total. The molecule has 30 heavy (non-hydrogen) atoms. The minimum Gasteiger partial charge on any atom is -0.477 e. The van der Waals surface area contributed by atoms with E-state index in [0.29, 0.717) is 15.6 Å². The van der Waals surface area contributed by atoms with Crippen molar-refractivity contribution in [2.75, 3.05) is 5.32 Å². The van der Waals surface area contributed by atoms with Crippen LogP contribution in [0.3, 0.4) is 0 Å². The lowest BCUT2D eigenvalue weighted by molar-refractivity contribution is -0.132. The highest BCUT2D eigenvalue weighted by atomic mass is 35.5. The third-order valence-electron chi connectivity index (χ3n) is 4.00. The van der Waals surface area contributed by atoms with Crippen LogP contribution in [0.4, 0.5) is 5.69 Å². The van der Waals surface area contributed by atoms with Gasteiger partial charge in [0.05, 0.1) is 0 Å². The van der Waals surface area contributed by atoms with Crippen LogP contribution >= 0.6 is 22.9 Å². The molecule has 0 unspecified atom stereocenters. The molecular formula is C22H17ClN2O4S. The van der Waals surface area contributed by atoms with E-state index < -0.39 is 11.9 Å². The van der Waals surface area contributed by atoms with Gasteiger partial charge in [0, 0.05) is 38.5 Å². The molecule has 152 valence electrons. The minimum absolute atomic E-state index is 0.226. The zero-order valence-corrected chi connectivity index (χ0v) is 17.4. The highest BCUT2D eigenvalue weighted by Gasteiger charge is 2.15. The predicted octanol–water partition coefficient (Wildman–Crippen LogP) is 4.88. The van der Waals surface area contributed by atoms with Crippen molar-refractivity contribution < 1.29 is 19.5 Å². The summed E-state index contributed by atoms with van der Waals surface area (Å²) in [7, 11) is 0. The molecule has 8 heteroatoms. The van der Waals surface area contributed by atoms with Crippen LogP contribution in [0.2, 0.25) is 5.02 Å². The van der Waals surface area contributed by atoms with E-state index in [1.807, 2.05) is 24.3 Å². The summed E-state index contributed by atoms with van der Waals surface area (Å²) < 4.78 is 0. The summed E-state index contributed by atoms with van der Waals surface area (Å²) >= 11 is 7.58. The number of carboxylic acids is 1. The molecule has 0 saturated heterocycles. The second-order valence-electron chi connectivity index (χ2n) is 6.26. The first kappa shape index (κ1) is 21.3. The quantitative estimate of drug-likeness (QED) is 0.476. The Balaban J connectivity index is 1.78. The number of carbonyl (C=O) groups is 3. The molecule has 6 nitrogen and oxygen atoms in total. The standard InChI is InChI=1S/C22H17ClN2O4S/c1-13(26)24-15-8-6-14(7-9-15)21(27)25-19(22(28)29)12-16-10-11-20(30-16)17-4-2-3-5-18(17)23/h2-12H,1H3,(H,24,26)(H,25,27)(H,28,29)/b19-12-. The first-order valence-electron chi connectivity index (χ1n) is 8.82. The zero-order valence-electron chi connectivity index (χ0n) is 15.8. The molecule has 0 aliphatic heterocycles. The number of carboxylic acid groups (broad SMARTS) is 1. The van der Waals surface area contributed by atoms with Gasteiger partial charge in [-0.05, 0) is 48.5 Å². The van der Waals surface area contributed by atoms with Crippen LogP contribution in [-0.4, -0.2) is 22.9 Å². The summed E-state index contributed by atoms with van der Waals surface area (Å²) in [5.41, 5.74) is 1.40. The number of anilines is 1. The fourth-order valence-corrected chi connectivity index (χ4v) is 3.92. The Morgan fingerprint density at radius 1 is 1.00 bits per heavy atom. The van der Waals surface area contributed by atoms with E-state index in [9.17, 15) is 19.5 Å². The second-order valence-corrected chi connectivity index (χ2v) is 7.78. The van der Waals surface area contributed by atoms with Crippen LogP contribution in [0.5, 0.6) is 0 Å². The van der Waals surface area contributed by atoms with E-state index in [1.165, 1.54) is 36.5 Å². The van der Waals surface area contributed by atoms with Gasteiger partial charge in [-0.3, -0.25) is 9.59 Å². The van der Waals surface area contributed by atoms with Crippen LogP contribution in [0.25, 0.3) is 16.5 Å². The fraction of sp³-hybridized carbons (Fsp3) is 0.0455. The first-order chi connectivity index (χ1) is 14.3. The molecular weight excluding hydrogens is 424 g/mol. The number of aliphatic carboxylic acids is 1. The number of halogens is 1. The topological polar surface area (TPSA) is 95.5 Å². The minimum atomic E-state index is -1.26. The van der Waals surface area contributed by atoms with Gasteiger partial charge in [-0.2, -0.15) is 0 Å². The molecule has 0 bridgehead atoms. The number of rotatable bonds is 6. The van der Waals surface area contributed by atoms with Gasteiger partial charge < -0.3 is 15.7 Å². The van der Waals surface area contributed by atoms with Gasteiger partial charge in [-0.1, -0.05) is 29.8 Å². The Hall–Kier alpha value is -3.42. The van der Waals surface area contributed by atoms with Gasteiger partial charge in [0.15, 0.2) is 0 Å². The Labute approximate surface area is 181 Å². The van der Waals surface area contributed by atoms with E-state index in [1.54, 1.807) is 24.3 Å². The van der Waals surface area contributed by atoms with E-state index in [2.05, 4.69) is 10.6 Å². The van der Waals surface area contributed by atoms with Crippen molar-refractivity contribution in [2.24, 2.45) is 0 Å². The Bertz CT molecular complexity index is 1140.